The molecule has 0 aromatic carbocycles. The van der Waals surface area contributed by atoms with Crippen LogP contribution in [-0.2, 0) is 14.8 Å². The van der Waals surface area contributed by atoms with Crippen molar-refractivity contribution in [2.24, 2.45) is 10.6 Å². The molecule has 0 aromatic heterocycles. The summed E-state index contributed by atoms with van der Waals surface area (Å²) in [4.78, 5) is 2.38. The Balaban J connectivity index is 1.86. The summed E-state index contributed by atoms with van der Waals surface area (Å²) < 4.78 is 27.5. The number of sulfonamides is 1. The Kier molecular flexibility index (Phi) is 3.03. The van der Waals surface area contributed by atoms with E-state index in [1.807, 2.05) is 0 Å². The van der Waals surface area contributed by atoms with Gasteiger partial charge in [0.15, 0.2) is 0 Å². The molecule has 1 atom stereocenters. The molecule has 2 N–H and O–H groups in total. The summed E-state index contributed by atoms with van der Waals surface area (Å²) in [6, 6.07) is 0.558. The summed E-state index contributed by atoms with van der Waals surface area (Å²) in [7, 11) is -3.41. The van der Waals surface area contributed by atoms with Crippen LogP contribution in [0, 0.1) is 5.41 Å². The molecular weight excluding hydrogens is 228 g/mol. The van der Waals surface area contributed by atoms with E-state index in [9.17, 15) is 8.42 Å². The fraction of sp³-hybridized carbons (Fsp3) is 1.00. The van der Waals surface area contributed by atoms with Crippen LogP contribution >= 0.6 is 0 Å². The maximum Gasteiger partial charge on any atom is 0.211 e. The maximum atomic E-state index is 11.0. The zero-order chi connectivity index (χ0) is 12.0. The highest BCUT2D eigenvalue weighted by Gasteiger charge is 2.49. The number of likely N-dealkylation sites (tertiary alicyclic amines) is 1. The molecule has 2 heterocycles. The van der Waals surface area contributed by atoms with E-state index in [-0.39, 0.29) is 17.3 Å². The zero-order valence-corrected chi connectivity index (χ0v) is 10.7. The average Bonchev–Trinajstić information content (AvgIpc) is 2.42. The van der Waals surface area contributed by atoms with Gasteiger partial charge in [-0.2, -0.15) is 0 Å². The van der Waals surface area contributed by atoms with Crippen molar-refractivity contribution < 1.29 is 13.2 Å². The Morgan fingerprint density at radius 1 is 1.50 bits per heavy atom. The Morgan fingerprint density at radius 2 is 2.12 bits per heavy atom. The van der Waals surface area contributed by atoms with Crippen LogP contribution in [0.25, 0.3) is 0 Å². The number of nitrogens with two attached hydrogens (primary N) is 1. The number of hydrogen-bond donors (Lipinski definition) is 1. The first-order chi connectivity index (χ1) is 7.30. The standard InChI is InChI=1S/C10H20N2O3S/c1-8(2)12-5-10(6-12)3-9(15-7-10)4-16(11,13)14/h8-9H,3-7H2,1-2H3,(H2,11,13,14). The topological polar surface area (TPSA) is 72.6 Å². The van der Waals surface area contributed by atoms with E-state index in [1.165, 1.54) is 0 Å². The van der Waals surface area contributed by atoms with Gasteiger partial charge in [0.1, 0.15) is 0 Å². The fourth-order valence-corrected chi connectivity index (χ4v) is 3.39. The summed E-state index contributed by atoms with van der Waals surface area (Å²) in [5.74, 6) is -0.0452. The third kappa shape index (κ3) is 2.56. The van der Waals surface area contributed by atoms with Crippen LogP contribution in [0.4, 0.5) is 0 Å². The summed E-state index contributed by atoms with van der Waals surface area (Å²) in [6.45, 7) is 7.06. The first kappa shape index (κ1) is 12.3. The van der Waals surface area contributed by atoms with E-state index >= 15 is 0 Å². The van der Waals surface area contributed by atoms with Crippen molar-refractivity contribution in [1.82, 2.24) is 4.90 Å². The first-order valence-electron chi connectivity index (χ1n) is 5.66. The monoisotopic (exact) mass is 248 g/mol. The summed E-state index contributed by atoms with van der Waals surface area (Å²) in [5, 5.41) is 5.02. The molecule has 94 valence electrons. The van der Waals surface area contributed by atoms with Crippen molar-refractivity contribution in [2.75, 3.05) is 25.4 Å². The summed E-state index contributed by atoms with van der Waals surface area (Å²) >= 11 is 0. The molecule has 1 unspecified atom stereocenters. The summed E-state index contributed by atoms with van der Waals surface area (Å²) in [6.07, 6.45) is 0.622. The second-order valence-electron chi connectivity index (χ2n) is 5.47. The minimum atomic E-state index is -3.41. The lowest BCUT2D eigenvalue weighted by atomic mass is 9.77. The molecule has 6 heteroatoms. The Labute approximate surface area is 97.0 Å². The molecule has 0 radical (unpaired) electrons. The van der Waals surface area contributed by atoms with Gasteiger partial charge in [-0.05, 0) is 20.3 Å². The highest BCUT2D eigenvalue weighted by Crippen LogP contribution is 2.42. The molecule has 1 spiro atoms. The largest absolute Gasteiger partial charge is 0.376 e. The van der Waals surface area contributed by atoms with Crippen molar-refractivity contribution in [1.29, 1.82) is 0 Å². The minimum Gasteiger partial charge on any atom is -0.376 e. The Morgan fingerprint density at radius 3 is 2.62 bits per heavy atom. The van der Waals surface area contributed by atoms with Crippen LogP contribution in [0.2, 0.25) is 0 Å². The first-order valence-corrected chi connectivity index (χ1v) is 7.37. The lowest BCUT2D eigenvalue weighted by molar-refractivity contribution is -0.0273. The van der Waals surface area contributed by atoms with Crippen molar-refractivity contribution >= 4 is 10.0 Å². The van der Waals surface area contributed by atoms with Gasteiger partial charge >= 0.3 is 0 Å². The molecule has 0 amide bonds. The smallest absolute Gasteiger partial charge is 0.211 e. The van der Waals surface area contributed by atoms with Crippen LogP contribution < -0.4 is 5.14 Å². The Hall–Kier alpha value is -0.170. The van der Waals surface area contributed by atoms with Gasteiger partial charge in [0.05, 0.1) is 18.5 Å². The van der Waals surface area contributed by atoms with Gasteiger partial charge in [-0.25, -0.2) is 13.6 Å². The molecule has 0 saturated carbocycles. The average molecular weight is 248 g/mol. The third-order valence-corrected chi connectivity index (χ3v) is 4.35. The van der Waals surface area contributed by atoms with Crippen molar-refractivity contribution in [3.8, 4) is 0 Å². The van der Waals surface area contributed by atoms with Crippen molar-refractivity contribution in [3.63, 3.8) is 0 Å². The molecule has 2 fully saturated rings. The lowest BCUT2D eigenvalue weighted by Gasteiger charge is -2.49. The van der Waals surface area contributed by atoms with E-state index in [0.29, 0.717) is 12.6 Å². The predicted octanol–water partition coefficient (Wildman–Crippen LogP) is -0.226. The van der Waals surface area contributed by atoms with Gasteiger partial charge < -0.3 is 4.74 Å². The molecular formula is C10H20N2O3S. The molecule has 16 heavy (non-hydrogen) atoms. The van der Waals surface area contributed by atoms with E-state index in [4.69, 9.17) is 9.88 Å². The summed E-state index contributed by atoms with van der Waals surface area (Å²) in [5.41, 5.74) is 0.194. The fourth-order valence-electron chi connectivity index (χ4n) is 2.66. The molecule has 2 saturated heterocycles. The van der Waals surface area contributed by atoms with Gasteiger partial charge in [-0.15, -0.1) is 0 Å². The zero-order valence-electron chi connectivity index (χ0n) is 9.85. The normalized spacial score (nSPS) is 29.9. The second-order valence-corrected chi connectivity index (χ2v) is 7.12. The number of rotatable bonds is 3. The van der Waals surface area contributed by atoms with Gasteiger partial charge in [0, 0.05) is 24.5 Å². The Bertz CT molecular complexity index is 360. The molecule has 2 rings (SSSR count). The van der Waals surface area contributed by atoms with E-state index in [2.05, 4.69) is 18.7 Å². The van der Waals surface area contributed by atoms with Crippen LogP contribution in [-0.4, -0.2) is 50.9 Å². The lowest BCUT2D eigenvalue weighted by Crippen LogP contribution is -2.59. The predicted molar refractivity (Wildman–Crippen MR) is 61.5 cm³/mol. The molecule has 5 nitrogen and oxygen atoms in total. The van der Waals surface area contributed by atoms with Crippen LogP contribution in [0.5, 0.6) is 0 Å². The number of ether oxygens (including phenoxy) is 1. The molecule has 0 aliphatic carbocycles. The molecule has 2 aliphatic heterocycles. The maximum absolute atomic E-state index is 11.0. The molecule has 0 aromatic rings. The van der Waals surface area contributed by atoms with Gasteiger partial charge in [0.2, 0.25) is 10.0 Å². The van der Waals surface area contributed by atoms with Crippen LogP contribution in [0.1, 0.15) is 20.3 Å². The second kappa shape index (κ2) is 3.94. The minimum absolute atomic E-state index is 0.0452. The SMILES string of the molecule is CC(C)N1CC2(COC(CS(N)(=O)=O)C2)C1. The number of nitrogens with zero attached hydrogens (tertiary/aromatic N) is 1. The van der Waals surface area contributed by atoms with Crippen molar-refractivity contribution in [3.05, 3.63) is 0 Å². The highest BCUT2D eigenvalue weighted by molar-refractivity contribution is 7.89. The van der Waals surface area contributed by atoms with E-state index in [0.717, 1.165) is 19.5 Å². The molecule has 2 aliphatic rings. The van der Waals surface area contributed by atoms with Crippen LogP contribution in [0.3, 0.4) is 0 Å². The van der Waals surface area contributed by atoms with Crippen LogP contribution in [0.15, 0.2) is 0 Å². The quantitative estimate of drug-likeness (QED) is 0.749. The highest BCUT2D eigenvalue weighted by atomic mass is 32.2. The number of primary sulfonamides is 1. The number of hydrogen-bond acceptors (Lipinski definition) is 4. The van der Waals surface area contributed by atoms with Gasteiger partial charge in [-0.1, -0.05) is 0 Å². The molecule has 0 bridgehead atoms. The van der Waals surface area contributed by atoms with E-state index < -0.39 is 10.0 Å². The van der Waals surface area contributed by atoms with Crippen molar-refractivity contribution in [2.45, 2.75) is 32.4 Å². The van der Waals surface area contributed by atoms with Gasteiger partial charge in [-0.3, -0.25) is 4.90 Å². The van der Waals surface area contributed by atoms with E-state index in [1.54, 1.807) is 0 Å². The van der Waals surface area contributed by atoms with Gasteiger partial charge in [0.25, 0.3) is 0 Å². The third-order valence-electron chi connectivity index (χ3n) is 3.51.